The third kappa shape index (κ3) is 7.88. The maximum Gasteiger partial charge on any atom is 0.224 e. The number of benzene rings is 1. The van der Waals surface area contributed by atoms with E-state index in [2.05, 4.69) is 35.4 Å². The SMILES string of the molecule is CC1CN(Cc2ccccc2NC(=O)CCC2CCNCC2)CC(C)O1.Cl.Cl. The predicted octanol–water partition coefficient (Wildman–Crippen LogP) is 3.86. The Bertz CT molecular complexity index is 587. The van der Waals surface area contributed by atoms with Crippen LogP contribution in [-0.4, -0.2) is 49.2 Å². The van der Waals surface area contributed by atoms with Crippen molar-refractivity contribution in [1.29, 1.82) is 0 Å². The summed E-state index contributed by atoms with van der Waals surface area (Å²) in [6, 6.07) is 8.18. The Labute approximate surface area is 181 Å². The van der Waals surface area contributed by atoms with Crippen molar-refractivity contribution in [2.75, 3.05) is 31.5 Å². The van der Waals surface area contributed by atoms with Gasteiger partial charge in [-0.25, -0.2) is 0 Å². The first-order valence-electron chi connectivity index (χ1n) is 10.1. The van der Waals surface area contributed by atoms with Gasteiger partial charge in [-0.1, -0.05) is 18.2 Å². The number of halogens is 2. The van der Waals surface area contributed by atoms with Crippen molar-refractivity contribution in [2.24, 2.45) is 5.92 Å². The molecule has 5 nitrogen and oxygen atoms in total. The Morgan fingerprint density at radius 2 is 1.79 bits per heavy atom. The van der Waals surface area contributed by atoms with Gasteiger partial charge in [0, 0.05) is 31.7 Å². The fourth-order valence-corrected chi connectivity index (χ4v) is 4.15. The van der Waals surface area contributed by atoms with Gasteiger partial charge in [-0.05, 0) is 63.7 Å². The summed E-state index contributed by atoms with van der Waals surface area (Å²) in [4.78, 5) is 14.9. The minimum absolute atomic E-state index is 0. The van der Waals surface area contributed by atoms with Gasteiger partial charge in [0.05, 0.1) is 12.2 Å². The van der Waals surface area contributed by atoms with Crippen LogP contribution in [-0.2, 0) is 16.1 Å². The maximum atomic E-state index is 12.4. The van der Waals surface area contributed by atoms with Gasteiger partial charge >= 0.3 is 0 Å². The Balaban J connectivity index is 0.00000196. The summed E-state index contributed by atoms with van der Waals surface area (Å²) in [5.41, 5.74) is 2.14. The molecule has 2 atom stereocenters. The van der Waals surface area contributed by atoms with Crippen LogP contribution in [0.1, 0.15) is 45.1 Å². The van der Waals surface area contributed by atoms with Crippen molar-refractivity contribution in [3.05, 3.63) is 29.8 Å². The average molecular weight is 432 g/mol. The summed E-state index contributed by atoms with van der Waals surface area (Å²) in [7, 11) is 0. The Kier molecular flexibility index (Phi) is 11.4. The summed E-state index contributed by atoms with van der Waals surface area (Å²) < 4.78 is 5.82. The zero-order valence-electron chi connectivity index (χ0n) is 17.0. The normalized spacial score (nSPS) is 23.4. The summed E-state index contributed by atoms with van der Waals surface area (Å²) >= 11 is 0. The number of nitrogens with zero attached hydrogens (tertiary/aromatic N) is 1. The molecular weight excluding hydrogens is 397 g/mol. The molecule has 28 heavy (non-hydrogen) atoms. The molecule has 2 fully saturated rings. The van der Waals surface area contributed by atoms with E-state index in [1.165, 1.54) is 18.4 Å². The van der Waals surface area contributed by atoms with Crippen LogP contribution in [0.2, 0.25) is 0 Å². The van der Waals surface area contributed by atoms with Crippen LogP contribution >= 0.6 is 24.8 Å². The number of amides is 1. The first-order chi connectivity index (χ1) is 12.6. The monoisotopic (exact) mass is 431 g/mol. The molecule has 7 heteroatoms. The lowest BCUT2D eigenvalue weighted by molar-refractivity contribution is -0.116. The standard InChI is InChI=1S/C21H33N3O2.2ClH/c1-16-13-24(14-17(2)26-16)15-19-5-3-4-6-20(19)23-21(25)8-7-18-9-11-22-12-10-18;;/h3-6,16-18,22H,7-15H2,1-2H3,(H,23,25);2*1H. The summed E-state index contributed by atoms with van der Waals surface area (Å²) in [5, 5.41) is 6.53. The van der Waals surface area contributed by atoms with Crippen molar-refractivity contribution in [1.82, 2.24) is 10.2 Å². The highest BCUT2D eigenvalue weighted by molar-refractivity contribution is 5.91. The fourth-order valence-electron chi connectivity index (χ4n) is 4.15. The van der Waals surface area contributed by atoms with Crippen molar-refractivity contribution in [3.8, 4) is 0 Å². The lowest BCUT2D eigenvalue weighted by Gasteiger charge is -2.35. The number of carbonyl (C=O) groups excluding carboxylic acids is 1. The number of nitrogens with one attached hydrogen (secondary N) is 2. The molecule has 0 aliphatic carbocycles. The van der Waals surface area contributed by atoms with Crippen LogP contribution in [0.15, 0.2) is 24.3 Å². The number of morpholine rings is 1. The number of rotatable bonds is 6. The largest absolute Gasteiger partial charge is 0.373 e. The molecule has 2 heterocycles. The van der Waals surface area contributed by atoms with Gasteiger partial charge in [0.2, 0.25) is 5.91 Å². The second-order valence-corrected chi connectivity index (χ2v) is 7.89. The topological polar surface area (TPSA) is 53.6 Å². The highest BCUT2D eigenvalue weighted by Crippen LogP contribution is 2.22. The van der Waals surface area contributed by atoms with E-state index < -0.39 is 0 Å². The zero-order chi connectivity index (χ0) is 18.4. The molecule has 1 aromatic carbocycles. The lowest BCUT2D eigenvalue weighted by Crippen LogP contribution is -2.44. The van der Waals surface area contributed by atoms with E-state index in [9.17, 15) is 4.79 Å². The van der Waals surface area contributed by atoms with Crippen molar-refractivity contribution < 1.29 is 9.53 Å². The number of anilines is 1. The van der Waals surface area contributed by atoms with Crippen molar-refractivity contribution >= 4 is 36.4 Å². The van der Waals surface area contributed by atoms with E-state index in [1.54, 1.807) is 0 Å². The molecule has 1 aromatic rings. The number of para-hydroxylation sites is 1. The van der Waals surface area contributed by atoms with Gasteiger partial charge in [0.15, 0.2) is 0 Å². The molecule has 2 unspecified atom stereocenters. The second-order valence-electron chi connectivity index (χ2n) is 7.89. The van der Waals surface area contributed by atoms with Crippen molar-refractivity contribution in [3.63, 3.8) is 0 Å². The van der Waals surface area contributed by atoms with Gasteiger partial charge in [-0.2, -0.15) is 0 Å². The van der Waals surface area contributed by atoms with E-state index in [4.69, 9.17) is 4.74 Å². The molecule has 160 valence electrons. The third-order valence-corrected chi connectivity index (χ3v) is 5.42. The quantitative estimate of drug-likeness (QED) is 0.717. The van der Waals surface area contributed by atoms with Crippen LogP contribution in [0.5, 0.6) is 0 Å². The first-order valence-corrected chi connectivity index (χ1v) is 10.1. The molecule has 0 bridgehead atoms. The van der Waals surface area contributed by atoms with Gasteiger partial charge in [-0.15, -0.1) is 24.8 Å². The smallest absolute Gasteiger partial charge is 0.224 e. The molecule has 2 saturated heterocycles. The van der Waals surface area contributed by atoms with E-state index in [1.807, 2.05) is 18.2 Å². The Morgan fingerprint density at radius 3 is 2.46 bits per heavy atom. The number of hydrogen-bond donors (Lipinski definition) is 2. The molecule has 0 saturated carbocycles. The van der Waals surface area contributed by atoms with Gasteiger partial charge in [-0.3, -0.25) is 9.69 Å². The maximum absolute atomic E-state index is 12.4. The van der Waals surface area contributed by atoms with Crippen LogP contribution < -0.4 is 10.6 Å². The molecule has 0 aromatic heterocycles. The molecule has 1 amide bonds. The number of piperidine rings is 1. The first kappa shape index (κ1) is 25.2. The minimum Gasteiger partial charge on any atom is -0.373 e. The van der Waals surface area contributed by atoms with E-state index in [0.717, 1.165) is 44.8 Å². The van der Waals surface area contributed by atoms with Crippen molar-refractivity contribution in [2.45, 2.75) is 58.3 Å². The van der Waals surface area contributed by atoms with Gasteiger partial charge in [0.1, 0.15) is 0 Å². The summed E-state index contributed by atoms with van der Waals surface area (Å²) in [5.74, 6) is 0.827. The van der Waals surface area contributed by atoms with Crippen LogP contribution in [0, 0.1) is 5.92 Å². The Hall–Kier alpha value is -0.850. The molecule has 3 rings (SSSR count). The third-order valence-electron chi connectivity index (χ3n) is 5.42. The second kappa shape index (κ2) is 12.7. The Morgan fingerprint density at radius 1 is 1.14 bits per heavy atom. The number of hydrogen-bond acceptors (Lipinski definition) is 4. The highest BCUT2D eigenvalue weighted by Gasteiger charge is 2.23. The molecule has 0 spiro atoms. The van der Waals surface area contributed by atoms with Crippen LogP contribution in [0.25, 0.3) is 0 Å². The highest BCUT2D eigenvalue weighted by atomic mass is 35.5. The van der Waals surface area contributed by atoms with Gasteiger partial charge < -0.3 is 15.4 Å². The summed E-state index contributed by atoms with van der Waals surface area (Å²) in [6.07, 6.45) is 4.50. The van der Waals surface area contributed by atoms with E-state index >= 15 is 0 Å². The molecule has 0 radical (unpaired) electrons. The molecular formula is C21H35Cl2N3O2. The zero-order valence-corrected chi connectivity index (χ0v) is 18.6. The molecule has 2 N–H and O–H groups in total. The minimum atomic E-state index is 0. The van der Waals surface area contributed by atoms with E-state index in [-0.39, 0.29) is 42.9 Å². The molecule has 2 aliphatic rings. The fraction of sp³-hybridized carbons (Fsp3) is 0.667. The molecule has 2 aliphatic heterocycles. The number of carbonyl (C=O) groups is 1. The lowest BCUT2D eigenvalue weighted by atomic mass is 9.93. The summed E-state index contributed by atoms with van der Waals surface area (Å²) in [6.45, 7) is 9.14. The van der Waals surface area contributed by atoms with Crippen LogP contribution in [0.4, 0.5) is 5.69 Å². The van der Waals surface area contributed by atoms with E-state index in [0.29, 0.717) is 12.3 Å². The number of ether oxygens (including phenoxy) is 1. The van der Waals surface area contributed by atoms with Gasteiger partial charge in [0.25, 0.3) is 0 Å². The average Bonchev–Trinajstić information content (AvgIpc) is 2.62. The van der Waals surface area contributed by atoms with Crippen LogP contribution in [0.3, 0.4) is 0 Å². The predicted molar refractivity (Wildman–Crippen MR) is 120 cm³/mol.